The SMILES string of the molecule is CCCCc1ccc(NC(C)C(=O)NC(=O)NC)cc1. The molecule has 1 aromatic rings. The van der Waals surface area contributed by atoms with Crippen molar-refractivity contribution in [2.24, 2.45) is 0 Å². The second-order valence-electron chi connectivity index (χ2n) is 4.73. The van der Waals surface area contributed by atoms with Crippen LogP contribution in [0.3, 0.4) is 0 Å². The average molecular weight is 277 g/mol. The minimum absolute atomic E-state index is 0.362. The summed E-state index contributed by atoms with van der Waals surface area (Å²) in [6, 6.07) is 7.04. The van der Waals surface area contributed by atoms with Gasteiger partial charge < -0.3 is 10.6 Å². The molecular weight excluding hydrogens is 254 g/mol. The molecule has 110 valence electrons. The number of hydrogen-bond acceptors (Lipinski definition) is 3. The Labute approximate surface area is 120 Å². The number of amides is 3. The van der Waals surface area contributed by atoms with E-state index in [0.717, 1.165) is 12.1 Å². The highest BCUT2D eigenvalue weighted by Gasteiger charge is 2.14. The number of unbranched alkanes of at least 4 members (excludes halogenated alkanes) is 1. The van der Waals surface area contributed by atoms with Crippen LogP contribution in [0.5, 0.6) is 0 Å². The van der Waals surface area contributed by atoms with Gasteiger partial charge in [0.25, 0.3) is 0 Å². The summed E-state index contributed by atoms with van der Waals surface area (Å²) in [5.74, 6) is -0.362. The molecule has 0 fully saturated rings. The fourth-order valence-electron chi connectivity index (χ4n) is 1.75. The highest BCUT2D eigenvalue weighted by molar-refractivity contribution is 5.97. The molecule has 0 heterocycles. The lowest BCUT2D eigenvalue weighted by molar-refractivity contribution is -0.120. The molecule has 0 aliphatic carbocycles. The Hall–Kier alpha value is -2.04. The minimum Gasteiger partial charge on any atom is -0.374 e. The highest BCUT2D eigenvalue weighted by Crippen LogP contribution is 2.12. The normalized spacial score (nSPS) is 11.6. The molecule has 0 spiro atoms. The molecule has 1 rings (SSSR count). The fraction of sp³-hybridized carbons (Fsp3) is 0.467. The van der Waals surface area contributed by atoms with Crippen molar-refractivity contribution in [3.8, 4) is 0 Å². The van der Waals surface area contributed by atoms with Crippen molar-refractivity contribution in [2.75, 3.05) is 12.4 Å². The number of nitrogens with one attached hydrogen (secondary N) is 3. The number of aryl methyl sites for hydroxylation is 1. The molecule has 0 aliphatic heterocycles. The van der Waals surface area contributed by atoms with E-state index in [1.165, 1.54) is 25.5 Å². The van der Waals surface area contributed by atoms with E-state index in [1.807, 2.05) is 12.1 Å². The van der Waals surface area contributed by atoms with Crippen molar-refractivity contribution < 1.29 is 9.59 Å². The van der Waals surface area contributed by atoms with Gasteiger partial charge in [0.05, 0.1) is 0 Å². The summed E-state index contributed by atoms with van der Waals surface area (Å²) in [4.78, 5) is 22.7. The number of imide groups is 1. The van der Waals surface area contributed by atoms with E-state index in [4.69, 9.17) is 0 Å². The van der Waals surface area contributed by atoms with Gasteiger partial charge in [-0.2, -0.15) is 0 Å². The van der Waals surface area contributed by atoms with E-state index in [9.17, 15) is 9.59 Å². The maximum absolute atomic E-state index is 11.7. The van der Waals surface area contributed by atoms with E-state index in [1.54, 1.807) is 6.92 Å². The molecule has 1 atom stereocenters. The molecule has 3 amide bonds. The quantitative estimate of drug-likeness (QED) is 0.747. The number of urea groups is 1. The van der Waals surface area contributed by atoms with Gasteiger partial charge in [0, 0.05) is 12.7 Å². The maximum Gasteiger partial charge on any atom is 0.321 e. The van der Waals surface area contributed by atoms with Gasteiger partial charge in [-0.1, -0.05) is 25.5 Å². The monoisotopic (exact) mass is 277 g/mol. The first kappa shape index (κ1) is 16.0. The smallest absolute Gasteiger partial charge is 0.321 e. The van der Waals surface area contributed by atoms with Crippen LogP contribution in [0.2, 0.25) is 0 Å². The predicted octanol–water partition coefficient (Wildman–Crippen LogP) is 2.29. The molecule has 0 aromatic heterocycles. The Bertz CT molecular complexity index is 443. The molecule has 0 saturated carbocycles. The van der Waals surface area contributed by atoms with Crippen LogP contribution in [0, 0.1) is 0 Å². The van der Waals surface area contributed by atoms with Crippen LogP contribution >= 0.6 is 0 Å². The van der Waals surface area contributed by atoms with Crippen molar-refractivity contribution in [2.45, 2.75) is 39.2 Å². The van der Waals surface area contributed by atoms with E-state index < -0.39 is 12.1 Å². The second-order valence-corrected chi connectivity index (χ2v) is 4.73. The van der Waals surface area contributed by atoms with Gasteiger partial charge in [-0.15, -0.1) is 0 Å². The first-order chi connectivity index (χ1) is 9.56. The van der Waals surface area contributed by atoms with Crippen molar-refractivity contribution >= 4 is 17.6 Å². The minimum atomic E-state index is -0.501. The molecule has 1 unspecified atom stereocenters. The highest BCUT2D eigenvalue weighted by atomic mass is 16.2. The molecular formula is C15H23N3O2. The summed E-state index contributed by atoms with van der Waals surface area (Å²) in [7, 11) is 1.47. The summed E-state index contributed by atoms with van der Waals surface area (Å²) in [6.45, 7) is 3.88. The number of hydrogen-bond donors (Lipinski definition) is 3. The zero-order valence-corrected chi connectivity index (χ0v) is 12.3. The molecule has 5 nitrogen and oxygen atoms in total. The Morgan fingerprint density at radius 2 is 1.85 bits per heavy atom. The summed E-state index contributed by atoms with van der Waals surface area (Å²) in [5.41, 5.74) is 2.16. The summed E-state index contributed by atoms with van der Waals surface area (Å²) < 4.78 is 0. The van der Waals surface area contributed by atoms with Gasteiger partial charge in [-0.05, 0) is 37.5 Å². The van der Waals surface area contributed by atoms with Crippen LogP contribution in [0.4, 0.5) is 10.5 Å². The second kappa shape index (κ2) is 8.19. The average Bonchev–Trinajstić information content (AvgIpc) is 2.46. The van der Waals surface area contributed by atoms with Gasteiger partial charge in [-0.25, -0.2) is 4.79 Å². The lowest BCUT2D eigenvalue weighted by Crippen LogP contribution is -2.44. The summed E-state index contributed by atoms with van der Waals surface area (Å²) in [6.07, 6.45) is 3.43. The van der Waals surface area contributed by atoms with E-state index in [-0.39, 0.29) is 5.91 Å². The molecule has 1 aromatic carbocycles. The Balaban J connectivity index is 2.51. The first-order valence-corrected chi connectivity index (χ1v) is 6.94. The van der Waals surface area contributed by atoms with Gasteiger partial charge in [-0.3, -0.25) is 10.1 Å². The zero-order valence-electron chi connectivity index (χ0n) is 12.3. The molecule has 0 saturated heterocycles. The third-order valence-corrected chi connectivity index (χ3v) is 3.01. The molecule has 0 bridgehead atoms. The zero-order chi connectivity index (χ0) is 15.0. The number of benzene rings is 1. The summed E-state index contributed by atoms with van der Waals surface area (Å²) in [5, 5.41) is 7.64. The van der Waals surface area contributed by atoms with E-state index in [0.29, 0.717) is 0 Å². The van der Waals surface area contributed by atoms with Crippen LogP contribution in [-0.4, -0.2) is 25.0 Å². The maximum atomic E-state index is 11.7. The van der Waals surface area contributed by atoms with E-state index in [2.05, 4.69) is 35.0 Å². The van der Waals surface area contributed by atoms with Crippen LogP contribution in [0.25, 0.3) is 0 Å². The number of carbonyl (C=O) groups excluding carboxylic acids is 2. The van der Waals surface area contributed by atoms with Crippen LogP contribution in [0.1, 0.15) is 32.3 Å². The fourth-order valence-corrected chi connectivity index (χ4v) is 1.75. The third kappa shape index (κ3) is 5.30. The van der Waals surface area contributed by atoms with Crippen molar-refractivity contribution in [1.29, 1.82) is 0 Å². The largest absolute Gasteiger partial charge is 0.374 e. The molecule has 0 aliphatic rings. The number of carbonyl (C=O) groups is 2. The van der Waals surface area contributed by atoms with Crippen LogP contribution in [0.15, 0.2) is 24.3 Å². The third-order valence-electron chi connectivity index (χ3n) is 3.01. The summed E-state index contributed by atoms with van der Waals surface area (Å²) >= 11 is 0. The van der Waals surface area contributed by atoms with Crippen LogP contribution in [-0.2, 0) is 11.2 Å². The molecule has 3 N–H and O–H groups in total. The van der Waals surface area contributed by atoms with E-state index >= 15 is 0 Å². The van der Waals surface area contributed by atoms with Gasteiger partial charge in [0.15, 0.2) is 0 Å². The predicted molar refractivity (Wildman–Crippen MR) is 80.7 cm³/mol. The molecule has 0 radical (unpaired) electrons. The van der Waals surface area contributed by atoms with Crippen molar-refractivity contribution in [3.63, 3.8) is 0 Å². The Morgan fingerprint density at radius 3 is 2.40 bits per heavy atom. The molecule has 20 heavy (non-hydrogen) atoms. The number of anilines is 1. The van der Waals surface area contributed by atoms with Gasteiger partial charge in [0.1, 0.15) is 6.04 Å². The topological polar surface area (TPSA) is 70.2 Å². The number of rotatable bonds is 6. The van der Waals surface area contributed by atoms with Gasteiger partial charge >= 0.3 is 6.03 Å². The Morgan fingerprint density at radius 1 is 1.20 bits per heavy atom. The van der Waals surface area contributed by atoms with Crippen molar-refractivity contribution in [1.82, 2.24) is 10.6 Å². The Kier molecular flexibility index (Phi) is 6.56. The van der Waals surface area contributed by atoms with Gasteiger partial charge in [0.2, 0.25) is 5.91 Å². The first-order valence-electron chi connectivity index (χ1n) is 6.94. The lowest BCUT2D eigenvalue weighted by Gasteiger charge is -2.14. The molecule has 5 heteroatoms. The standard InChI is InChI=1S/C15H23N3O2/c1-4-5-6-12-7-9-13(10-8-12)17-11(2)14(19)18-15(20)16-3/h7-11,17H,4-6H2,1-3H3,(H2,16,18,19,20). The lowest BCUT2D eigenvalue weighted by atomic mass is 10.1. The van der Waals surface area contributed by atoms with Crippen molar-refractivity contribution in [3.05, 3.63) is 29.8 Å². The van der Waals surface area contributed by atoms with Crippen LogP contribution < -0.4 is 16.0 Å².